The van der Waals surface area contributed by atoms with Gasteiger partial charge in [0.15, 0.2) is 0 Å². The average molecular weight is 351 g/mol. The number of carbonyl (C=O) groups excluding carboxylic acids is 1. The highest BCUT2D eigenvalue weighted by atomic mass is 16.6. The van der Waals surface area contributed by atoms with E-state index in [9.17, 15) is 4.79 Å². The van der Waals surface area contributed by atoms with E-state index in [1.54, 1.807) is 7.11 Å². The lowest BCUT2D eigenvalue weighted by molar-refractivity contribution is -0.121. The Hall–Kier alpha value is -2.24. The molecule has 1 amide bonds. The van der Waals surface area contributed by atoms with Gasteiger partial charge in [0.2, 0.25) is 5.91 Å². The van der Waals surface area contributed by atoms with Crippen molar-refractivity contribution in [2.24, 2.45) is 11.8 Å². The molecule has 6 nitrogen and oxygen atoms in total. The quantitative estimate of drug-likeness (QED) is 0.768. The largest absolute Gasteiger partial charge is 0.503 e. The van der Waals surface area contributed by atoms with E-state index in [2.05, 4.69) is 19.2 Å². The molecule has 1 aliphatic carbocycles. The molecule has 25 heavy (non-hydrogen) atoms. The number of nitrogens with one attached hydrogen (secondary N) is 1. The summed E-state index contributed by atoms with van der Waals surface area (Å²) in [5.41, 5.74) is 2.18. The van der Waals surface area contributed by atoms with Gasteiger partial charge in [-0.05, 0) is 61.3 Å². The molecule has 1 aromatic rings. The Labute approximate surface area is 149 Å². The van der Waals surface area contributed by atoms with Gasteiger partial charge in [0, 0.05) is 6.04 Å². The van der Waals surface area contributed by atoms with E-state index in [1.165, 1.54) is 6.42 Å². The summed E-state index contributed by atoms with van der Waals surface area (Å²) in [5, 5.41) is 17.1. The highest BCUT2D eigenvalue weighted by Crippen LogP contribution is 2.29. The van der Waals surface area contributed by atoms with Crippen LogP contribution in [0.3, 0.4) is 0 Å². The molecule has 0 aliphatic heterocycles. The Morgan fingerprint density at radius 1 is 1.20 bits per heavy atom. The summed E-state index contributed by atoms with van der Waals surface area (Å²) < 4.78 is 5.20. The van der Waals surface area contributed by atoms with Gasteiger partial charge >= 0.3 is 6.16 Å². The molecule has 1 saturated carbocycles. The first-order chi connectivity index (χ1) is 11.7. The molecule has 1 aromatic carbocycles. The predicted molar refractivity (Wildman–Crippen MR) is 96.2 cm³/mol. The number of hydrogen-bond acceptors (Lipinski definition) is 3. The van der Waals surface area contributed by atoms with E-state index >= 15 is 0 Å². The van der Waals surface area contributed by atoms with Crippen molar-refractivity contribution in [3.63, 3.8) is 0 Å². The van der Waals surface area contributed by atoms with Crippen molar-refractivity contribution in [2.75, 3.05) is 7.11 Å². The molecule has 0 saturated heterocycles. The van der Waals surface area contributed by atoms with Crippen molar-refractivity contribution in [1.82, 2.24) is 5.32 Å². The number of aryl methyl sites for hydroxylation is 1. The molecule has 0 heterocycles. The Balaban J connectivity index is 0.000000705. The van der Waals surface area contributed by atoms with Crippen LogP contribution >= 0.6 is 0 Å². The molecule has 3 atom stereocenters. The minimum absolute atomic E-state index is 0.134. The van der Waals surface area contributed by atoms with Crippen LogP contribution < -0.4 is 10.1 Å². The van der Waals surface area contributed by atoms with Crippen LogP contribution in [0.2, 0.25) is 0 Å². The van der Waals surface area contributed by atoms with Gasteiger partial charge in [-0.15, -0.1) is 0 Å². The Morgan fingerprint density at radius 3 is 2.36 bits per heavy atom. The summed E-state index contributed by atoms with van der Waals surface area (Å²) in [7, 11) is 1.66. The Morgan fingerprint density at radius 2 is 1.84 bits per heavy atom. The van der Waals surface area contributed by atoms with Gasteiger partial charge < -0.3 is 20.3 Å². The molecule has 140 valence electrons. The zero-order valence-corrected chi connectivity index (χ0v) is 15.4. The minimum atomic E-state index is -1.83. The van der Waals surface area contributed by atoms with Gasteiger partial charge in [-0.1, -0.05) is 19.9 Å². The lowest BCUT2D eigenvalue weighted by Gasteiger charge is -2.32. The average Bonchev–Trinajstić information content (AvgIpc) is 2.52. The molecular weight excluding hydrogens is 322 g/mol. The van der Waals surface area contributed by atoms with Crippen molar-refractivity contribution >= 4 is 12.1 Å². The summed E-state index contributed by atoms with van der Waals surface area (Å²) in [6.45, 7) is 6.62. The first-order valence-electron chi connectivity index (χ1n) is 8.57. The number of ether oxygens (including phenoxy) is 1. The molecule has 1 fully saturated rings. The van der Waals surface area contributed by atoms with Gasteiger partial charge in [0.1, 0.15) is 5.75 Å². The maximum Gasteiger partial charge on any atom is 0.503 e. The lowest BCUT2D eigenvalue weighted by atomic mass is 9.79. The molecule has 3 N–H and O–H groups in total. The Bertz CT molecular complexity index is 583. The lowest BCUT2D eigenvalue weighted by Crippen LogP contribution is -2.40. The molecule has 0 bridgehead atoms. The third kappa shape index (κ3) is 7.45. The van der Waals surface area contributed by atoms with Crippen molar-refractivity contribution in [1.29, 1.82) is 0 Å². The second-order valence-electron chi connectivity index (χ2n) is 6.78. The van der Waals surface area contributed by atoms with Crippen LogP contribution in [0.1, 0.15) is 44.2 Å². The molecule has 0 spiro atoms. The summed E-state index contributed by atoms with van der Waals surface area (Å²) in [4.78, 5) is 20.8. The van der Waals surface area contributed by atoms with Gasteiger partial charge in [-0.25, -0.2) is 4.79 Å². The highest BCUT2D eigenvalue weighted by Gasteiger charge is 2.25. The smallest absolute Gasteiger partial charge is 0.497 e. The monoisotopic (exact) mass is 351 g/mol. The number of hydrogen-bond donors (Lipinski definition) is 3. The van der Waals surface area contributed by atoms with Crippen LogP contribution in [0.5, 0.6) is 5.75 Å². The summed E-state index contributed by atoms with van der Waals surface area (Å²) in [6, 6.07) is 6.23. The topological polar surface area (TPSA) is 95.9 Å². The fraction of sp³-hybridized carbons (Fsp3) is 0.579. The summed E-state index contributed by atoms with van der Waals surface area (Å²) in [6.07, 6.45) is 2.05. The maximum absolute atomic E-state index is 12.2. The van der Waals surface area contributed by atoms with Crippen LogP contribution in [0.15, 0.2) is 18.2 Å². The van der Waals surface area contributed by atoms with E-state index in [-0.39, 0.29) is 5.91 Å². The van der Waals surface area contributed by atoms with E-state index in [4.69, 9.17) is 19.7 Å². The molecule has 1 aliphatic rings. The third-order valence-electron chi connectivity index (χ3n) is 4.86. The van der Waals surface area contributed by atoms with Crippen LogP contribution in [0, 0.1) is 18.8 Å². The van der Waals surface area contributed by atoms with Crippen LogP contribution in [-0.2, 0) is 11.2 Å². The molecule has 6 heteroatoms. The molecule has 0 radical (unpaired) electrons. The third-order valence-corrected chi connectivity index (χ3v) is 4.86. The zero-order chi connectivity index (χ0) is 19.0. The first-order valence-corrected chi connectivity index (χ1v) is 8.57. The number of methoxy groups -OCH3 is 1. The normalized spacial score (nSPS) is 22.3. The van der Waals surface area contributed by atoms with Crippen LogP contribution in [0.4, 0.5) is 4.79 Å². The van der Waals surface area contributed by atoms with Crippen molar-refractivity contribution in [3.05, 3.63) is 29.3 Å². The zero-order valence-electron chi connectivity index (χ0n) is 15.4. The second-order valence-corrected chi connectivity index (χ2v) is 6.78. The van der Waals surface area contributed by atoms with E-state index in [0.29, 0.717) is 18.4 Å². The number of amides is 1. The van der Waals surface area contributed by atoms with Gasteiger partial charge in [-0.3, -0.25) is 4.79 Å². The number of carboxylic acid groups (broad SMARTS) is 2. The standard InChI is InChI=1S/C18H27NO2.CH2O3/c1-12-5-7-16(9-13(12)2)19-18(20)11-15-6-8-17(21-4)10-14(15)3;2-1(3)4/h6,8,10,12-13,16H,5,7,9,11H2,1-4H3,(H,19,20);(H2,2,3,4). The second kappa shape index (κ2) is 9.91. The fourth-order valence-corrected chi connectivity index (χ4v) is 3.12. The van der Waals surface area contributed by atoms with Gasteiger partial charge in [0.05, 0.1) is 13.5 Å². The number of rotatable bonds is 4. The van der Waals surface area contributed by atoms with Gasteiger partial charge in [0.25, 0.3) is 0 Å². The predicted octanol–water partition coefficient (Wildman–Crippen LogP) is 3.71. The van der Waals surface area contributed by atoms with Crippen molar-refractivity contribution in [3.8, 4) is 5.75 Å². The van der Waals surface area contributed by atoms with Gasteiger partial charge in [-0.2, -0.15) is 0 Å². The Kier molecular flexibility index (Phi) is 8.25. The molecule has 0 aromatic heterocycles. The van der Waals surface area contributed by atoms with Crippen molar-refractivity contribution in [2.45, 2.75) is 52.5 Å². The molecule has 2 rings (SSSR count). The first kappa shape index (κ1) is 20.8. The van der Waals surface area contributed by atoms with E-state index in [0.717, 1.165) is 35.6 Å². The van der Waals surface area contributed by atoms with E-state index < -0.39 is 6.16 Å². The maximum atomic E-state index is 12.2. The minimum Gasteiger partial charge on any atom is -0.497 e. The molecular formula is C19H29NO5. The number of carbonyl (C=O) groups is 2. The van der Waals surface area contributed by atoms with Crippen molar-refractivity contribution < 1.29 is 24.5 Å². The fourth-order valence-electron chi connectivity index (χ4n) is 3.12. The van der Waals surface area contributed by atoms with Crippen LogP contribution in [-0.4, -0.2) is 35.4 Å². The summed E-state index contributed by atoms with van der Waals surface area (Å²) in [5.74, 6) is 2.45. The SMILES string of the molecule is COc1ccc(CC(=O)NC2CCC(C)C(C)C2)c(C)c1.O=C(O)O. The number of benzene rings is 1. The summed E-state index contributed by atoms with van der Waals surface area (Å²) >= 11 is 0. The van der Waals surface area contributed by atoms with Crippen LogP contribution in [0.25, 0.3) is 0 Å². The molecule has 3 unspecified atom stereocenters. The highest BCUT2D eigenvalue weighted by molar-refractivity contribution is 5.79. The van der Waals surface area contributed by atoms with E-state index in [1.807, 2.05) is 25.1 Å².